The molecule has 0 spiro atoms. The monoisotopic (exact) mass is 518 g/mol. The Kier molecular flexibility index (Phi) is 7.49. The standard InChI is InChI=1S/C26H25F3N2O4S/c1-35-23-6-2-4-20(16-23)18-8-10-19(11-9-18)25(32)31-14-12-22(13-15-31)30-36(33,34)24-7-3-5-21(17-24)26(27,28)29/h2-11,16-17,22H,12-15H2,1H3,(H-,30,33,34). The Morgan fingerprint density at radius 3 is 2.31 bits per heavy atom. The van der Waals surface area contributed by atoms with Gasteiger partial charge in [0, 0.05) is 24.7 Å². The number of nitrogens with zero attached hydrogens (tertiary/aromatic N) is 1. The molecule has 0 aromatic heterocycles. The molecule has 1 atom stereocenters. The lowest BCUT2D eigenvalue weighted by Crippen LogP contribution is -2.48. The van der Waals surface area contributed by atoms with Crippen LogP contribution < -0.4 is 9.46 Å². The minimum Gasteiger partial charge on any atom is -0.593 e. The van der Waals surface area contributed by atoms with Gasteiger partial charge in [-0.05, 0) is 60.4 Å². The summed E-state index contributed by atoms with van der Waals surface area (Å²) in [5, 5.41) is 0. The Labute approximate surface area is 208 Å². The molecule has 0 bridgehead atoms. The summed E-state index contributed by atoms with van der Waals surface area (Å²) in [4.78, 5) is 14.2. The average molecular weight is 519 g/mol. The number of methoxy groups -OCH3 is 1. The number of piperidine rings is 1. The highest BCUT2D eigenvalue weighted by Gasteiger charge is 2.34. The van der Waals surface area contributed by atoms with Gasteiger partial charge in [-0.25, -0.2) is 0 Å². The van der Waals surface area contributed by atoms with Gasteiger partial charge in [0.05, 0.1) is 18.7 Å². The molecule has 6 nitrogen and oxygen atoms in total. The number of hydrogen-bond donors (Lipinski definition) is 1. The summed E-state index contributed by atoms with van der Waals surface area (Å²) < 4.78 is 71.9. The van der Waals surface area contributed by atoms with Gasteiger partial charge >= 0.3 is 6.18 Å². The Bertz CT molecular complexity index is 1270. The van der Waals surface area contributed by atoms with Crippen LogP contribution in [0.5, 0.6) is 5.75 Å². The van der Waals surface area contributed by atoms with Crippen molar-refractivity contribution in [2.45, 2.75) is 30.0 Å². The molecule has 36 heavy (non-hydrogen) atoms. The van der Waals surface area contributed by atoms with E-state index in [4.69, 9.17) is 4.74 Å². The van der Waals surface area contributed by atoms with Crippen molar-refractivity contribution in [3.05, 3.63) is 83.9 Å². The zero-order chi connectivity index (χ0) is 25.9. The predicted octanol–water partition coefficient (Wildman–Crippen LogP) is 5.18. The number of nitrogens with one attached hydrogen (secondary N) is 1. The Hall–Kier alpha value is -3.21. The first-order chi connectivity index (χ1) is 17.1. The molecule has 190 valence electrons. The molecule has 1 aliphatic heterocycles. The minimum absolute atomic E-state index is 0.161. The highest BCUT2D eigenvalue weighted by Crippen LogP contribution is 2.31. The lowest BCUT2D eigenvalue weighted by atomic mass is 10.0. The van der Waals surface area contributed by atoms with Gasteiger partial charge in [0.15, 0.2) is 15.3 Å². The number of halogens is 3. The van der Waals surface area contributed by atoms with Crippen LogP contribution in [0.3, 0.4) is 0 Å². The summed E-state index contributed by atoms with van der Waals surface area (Å²) in [5.41, 5.74) is 1.39. The van der Waals surface area contributed by atoms with Gasteiger partial charge in [-0.15, -0.1) is 4.72 Å². The second-order valence-corrected chi connectivity index (χ2v) is 10.2. The van der Waals surface area contributed by atoms with Gasteiger partial charge in [0.25, 0.3) is 5.91 Å². The number of amides is 1. The summed E-state index contributed by atoms with van der Waals surface area (Å²) >= 11 is 0. The number of ether oxygens (including phenoxy) is 1. The van der Waals surface area contributed by atoms with E-state index in [1.807, 2.05) is 36.4 Å². The van der Waals surface area contributed by atoms with Crippen LogP contribution in [0.1, 0.15) is 28.8 Å². The molecule has 1 amide bonds. The van der Waals surface area contributed by atoms with E-state index in [1.165, 1.54) is 0 Å². The van der Waals surface area contributed by atoms with Crippen LogP contribution in [0.25, 0.3) is 11.1 Å². The fourth-order valence-corrected chi connectivity index (χ4v) is 5.47. The number of likely N-dealkylation sites (tertiary alicyclic amines) is 1. The van der Waals surface area contributed by atoms with Gasteiger partial charge in [0.1, 0.15) is 5.75 Å². The first-order valence-corrected chi connectivity index (χ1v) is 12.8. The van der Waals surface area contributed by atoms with Crippen molar-refractivity contribution in [2.24, 2.45) is 0 Å². The van der Waals surface area contributed by atoms with Crippen LogP contribution in [-0.2, 0) is 20.8 Å². The molecule has 3 aromatic carbocycles. The van der Waals surface area contributed by atoms with E-state index in [0.717, 1.165) is 35.1 Å². The molecule has 0 saturated carbocycles. The normalized spacial score (nSPS) is 16.4. The van der Waals surface area contributed by atoms with Crippen molar-refractivity contribution in [1.82, 2.24) is 9.62 Å². The van der Waals surface area contributed by atoms with Crippen LogP contribution in [0, 0.1) is 0 Å². The van der Waals surface area contributed by atoms with Gasteiger partial charge in [-0.2, -0.15) is 13.2 Å². The third kappa shape index (κ3) is 5.95. The Morgan fingerprint density at radius 1 is 1.00 bits per heavy atom. The van der Waals surface area contributed by atoms with Crippen LogP contribution in [-0.4, -0.2) is 41.6 Å². The summed E-state index contributed by atoms with van der Waals surface area (Å²) in [7, 11) is -2.53. The Morgan fingerprint density at radius 2 is 1.67 bits per heavy atom. The van der Waals surface area contributed by atoms with Gasteiger partial charge in [-0.1, -0.05) is 34.5 Å². The van der Waals surface area contributed by atoms with Crippen LogP contribution in [0.4, 0.5) is 13.2 Å². The fraction of sp³-hybridized carbons (Fsp3) is 0.269. The molecule has 1 heterocycles. The first kappa shape index (κ1) is 25.9. The molecule has 1 fully saturated rings. The van der Waals surface area contributed by atoms with Crippen molar-refractivity contribution >= 4 is 16.3 Å². The zero-order valence-corrected chi connectivity index (χ0v) is 20.3. The molecule has 4 rings (SSSR count). The maximum absolute atomic E-state index is 13.0. The van der Waals surface area contributed by atoms with E-state index in [0.29, 0.717) is 37.6 Å². The highest BCUT2D eigenvalue weighted by atomic mass is 32.3. The van der Waals surface area contributed by atoms with Crippen LogP contribution in [0.2, 0.25) is 0 Å². The zero-order valence-electron chi connectivity index (χ0n) is 19.5. The van der Waals surface area contributed by atoms with E-state index in [-0.39, 0.29) is 5.91 Å². The van der Waals surface area contributed by atoms with E-state index in [1.54, 1.807) is 24.1 Å². The third-order valence-corrected chi connectivity index (χ3v) is 7.63. The van der Waals surface area contributed by atoms with Crippen molar-refractivity contribution in [2.75, 3.05) is 20.2 Å². The summed E-state index contributed by atoms with van der Waals surface area (Å²) in [6, 6.07) is 18.0. The number of alkyl halides is 3. The lowest BCUT2D eigenvalue weighted by Gasteiger charge is -2.33. The molecule has 0 radical (unpaired) electrons. The number of rotatable bonds is 6. The van der Waals surface area contributed by atoms with Gasteiger partial charge in [-0.3, -0.25) is 4.79 Å². The SMILES string of the molecule is COc1cccc(-c2ccc(C(=O)N3CCC(N[S+](=O)([O-])c4cccc(C(F)(F)F)c4)CC3)cc2)c1. The predicted molar refractivity (Wildman–Crippen MR) is 129 cm³/mol. The van der Waals surface area contributed by atoms with E-state index >= 15 is 0 Å². The molecular formula is C26H25F3N2O4S. The van der Waals surface area contributed by atoms with Gasteiger partial charge < -0.3 is 14.2 Å². The van der Waals surface area contributed by atoms with E-state index < -0.39 is 33.1 Å². The van der Waals surface area contributed by atoms with Gasteiger partial charge in [0.2, 0.25) is 0 Å². The fourth-order valence-electron chi connectivity index (χ4n) is 4.12. The molecule has 1 unspecified atom stereocenters. The third-order valence-electron chi connectivity index (χ3n) is 6.11. The minimum atomic E-state index is -4.64. The molecule has 3 aromatic rings. The molecule has 0 aliphatic carbocycles. The summed E-state index contributed by atoms with van der Waals surface area (Å²) in [6.45, 7) is 0.651. The molecule has 1 N–H and O–H groups in total. The molecule has 1 saturated heterocycles. The van der Waals surface area contributed by atoms with E-state index in [2.05, 4.69) is 4.72 Å². The lowest BCUT2D eigenvalue weighted by molar-refractivity contribution is -0.137. The maximum atomic E-state index is 13.0. The molecule has 10 heteroatoms. The van der Waals surface area contributed by atoms with Crippen LogP contribution in [0.15, 0.2) is 77.7 Å². The van der Waals surface area contributed by atoms with Crippen molar-refractivity contribution in [3.63, 3.8) is 0 Å². The molecule has 1 aliphatic rings. The highest BCUT2D eigenvalue weighted by molar-refractivity contribution is 7.95. The number of carbonyl (C=O) groups excluding carboxylic acids is 1. The Balaban J connectivity index is 1.36. The van der Waals surface area contributed by atoms with Crippen molar-refractivity contribution in [1.29, 1.82) is 0 Å². The average Bonchev–Trinajstić information content (AvgIpc) is 2.88. The first-order valence-electron chi connectivity index (χ1n) is 11.3. The molecular weight excluding hydrogens is 493 g/mol. The van der Waals surface area contributed by atoms with Crippen molar-refractivity contribution < 1.29 is 31.5 Å². The number of carbonyl (C=O) groups is 1. The smallest absolute Gasteiger partial charge is 0.416 e. The summed E-state index contributed by atoms with van der Waals surface area (Å²) in [6.07, 6.45) is -3.93. The van der Waals surface area contributed by atoms with E-state index in [9.17, 15) is 26.7 Å². The largest absolute Gasteiger partial charge is 0.593 e. The van der Waals surface area contributed by atoms with Crippen molar-refractivity contribution in [3.8, 4) is 16.9 Å². The quantitative estimate of drug-likeness (QED) is 0.456. The maximum Gasteiger partial charge on any atom is 0.416 e. The second-order valence-electron chi connectivity index (χ2n) is 8.52. The summed E-state index contributed by atoms with van der Waals surface area (Å²) in [5.74, 6) is 0.575. The van der Waals surface area contributed by atoms with Crippen LogP contribution >= 0.6 is 0 Å². The topological polar surface area (TPSA) is 81.7 Å². The number of hydrogen-bond acceptors (Lipinski definition) is 4. The second kappa shape index (κ2) is 10.4. The number of benzene rings is 3. The number of sulfonamides is 1.